The van der Waals surface area contributed by atoms with E-state index in [1.807, 2.05) is 19.9 Å². The van der Waals surface area contributed by atoms with E-state index in [1.54, 1.807) is 18.5 Å². The zero-order valence-corrected chi connectivity index (χ0v) is 15.3. The van der Waals surface area contributed by atoms with Gasteiger partial charge in [-0.2, -0.15) is 4.68 Å². The maximum atomic E-state index is 9.69. The number of anilines is 1. The van der Waals surface area contributed by atoms with Gasteiger partial charge in [0.1, 0.15) is 18.3 Å². The second-order valence-electron chi connectivity index (χ2n) is 7.19. The zero-order chi connectivity index (χ0) is 19.5. The van der Waals surface area contributed by atoms with Crippen LogP contribution < -0.4 is 5.73 Å². The van der Waals surface area contributed by atoms with E-state index >= 15 is 0 Å². The van der Waals surface area contributed by atoms with Crippen LogP contribution in [0.2, 0.25) is 0 Å². The van der Waals surface area contributed by atoms with Crippen molar-refractivity contribution in [2.75, 3.05) is 12.3 Å². The van der Waals surface area contributed by atoms with E-state index in [0.717, 1.165) is 0 Å². The number of nitrogens with zero attached hydrogens (tertiary/aromatic N) is 6. The Kier molecular flexibility index (Phi) is 3.81. The molecule has 5 heterocycles. The van der Waals surface area contributed by atoms with Gasteiger partial charge in [0.25, 0.3) is 0 Å². The molecule has 2 fully saturated rings. The first kappa shape index (κ1) is 17.4. The SMILES string of the molecule is CC1(C)O[C@@H]2[C@H](O1)[C@@H](CO)O[C@H]2n1nnc2c(N)nc(-c3cccnc3)nc21. The minimum absolute atomic E-state index is 0.201. The smallest absolute Gasteiger partial charge is 0.187 e. The van der Waals surface area contributed by atoms with Gasteiger partial charge in [-0.25, -0.2) is 9.97 Å². The standard InChI is InChI=1S/C17H19N7O4/c1-17(2)27-11-9(7-25)26-16(12(11)28-17)24-15-10(22-23-24)13(18)20-14(21-15)8-4-3-5-19-6-8/h3-6,9,11-12,16,25H,7H2,1-2H3,(H2,18,20,21)/t9-,11-,12-,16-/m1/s1. The average molecular weight is 385 g/mol. The summed E-state index contributed by atoms with van der Waals surface area (Å²) >= 11 is 0. The van der Waals surface area contributed by atoms with Crippen molar-refractivity contribution in [1.29, 1.82) is 0 Å². The third-order valence-corrected chi connectivity index (χ3v) is 4.82. The molecule has 0 unspecified atom stereocenters. The minimum Gasteiger partial charge on any atom is -0.394 e. The van der Waals surface area contributed by atoms with E-state index in [-0.39, 0.29) is 12.4 Å². The summed E-state index contributed by atoms with van der Waals surface area (Å²) in [7, 11) is 0. The van der Waals surface area contributed by atoms with Crippen molar-refractivity contribution in [1.82, 2.24) is 29.9 Å². The quantitative estimate of drug-likeness (QED) is 0.645. The third kappa shape index (κ3) is 2.63. The van der Waals surface area contributed by atoms with Gasteiger partial charge in [0.2, 0.25) is 0 Å². The molecule has 0 aromatic carbocycles. The van der Waals surface area contributed by atoms with Gasteiger partial charge in [-0.3, -0.25) is 4.98 Å². The van der Waals surface area contributed by atoms with Crippen molar-refractivity contribution in [2.24, 2.45) is 0 Å². The van der Waals surface area contributed by atoms with Gasteiger partial charge in [0.15, 0.2) is 34.8 Å². The van der Waals surface area contributed by atoms with E-state index in [4.69, 9.17) is 19.9 Å². The molecule has 0 aliphatic carbocycles. The van der Waals surface area contributed by atoms with Crippen molar-refractivity contribution in [3.63, 3.8) is 0 Å². The molecular formula is C17H19N7O4. The first-order valence-electron chi connectivity index (χ1n) is 8.87. The number of aliphatic hydroxyl groups is 1. The summed E-state index contributed by atoms with van der Waals surface area (Å²) in [6.07, 6.45) is 1.18. The molecule has 11 heteroatoms. The van der Waals surface area contributed by atoms with Gasteiger partial charge in [-0.1, -0.05) is 5.21 Å². The van der Waals surface area contributed by atoms with Crippen LogP contribution in [0.4, 0.5) is 5.82 Å². The molecule has 0 spiro atoms. The van der Waals surface area contributed by atoms with Crippen molar-refractivity contribution >= 4 is 17.0 Å². The number of aromatic nitrogens is 6. The summed E-state index contributed by atoms with van der Waals surface area (Å²) in [5.41, 5.74) is 7.56. The number of nitrogen functional groups attached to an aromatic ring is 1. The molecule has 0 amide bonds. The van der Waals surface area contributed by atoms with Crippen LogP contribution in [0.15, 0.2) is 24.5 Å². The number of fused-ring (bicyclic) bond motifs is 2. The monoisotopic (exact) mass is 385 g/mol. The lowest BCUT2D eigenvalue weighted by Gasteiger charge is -2.23. The molecule has 3 aromatic heterocycles. The van der Waals surface area contributed by atoms with Crippen LogP contribution in [-0.2, 0) is 14.2 Å². The van der Waals surface area contributed by atoms with Crippen LogP contribution in [0.3, 0.4) is 0 Å². The summed E-state index contributed by atoms with van der Waals surface area (Å²) in [4.78, 5) is 13.0. The summed E-state index contributed by atoms with van der Waals surface area (Å²) in [5, 5.41) is 18.0. The molecule has 5 rings (SSSR count). The second-order valence-corrected chi connectivity index (χ2v) is 7.19. The number of hydrogen-bond donors (Lipinski definition) is 2. The van der Waals surface area contributed by atoms with Crippen molar-refractivity contribution in [2.45, 2.75) is 44.2 Å². The molecule has 4 atom stereocenters. The highest BCUT2D eigenvalue weighted by atomic mass is 16.8. The topological polar surface area (TPSA) is 143 Å². The van der Waals surface area contributed by atoms with Crippen LogP contribution in [0.25, 0.3) is 22.6 Å². The Morgan fingerprint density at radius 2 is 2.07 bits per heavy atom. The fourth-order valence-electron chi connectivity index (χ4n) is 3.65. The normalized spacial score (nSPS) is 28.7. The van der Waals surface area contributed by atoms with Gasteiger partial charge in [-0.15, -0.1) is 5.10 Å². The number of hydrogen-bond acceptors (Lipinski definition) is 10. The summed E-state index contributed by atoms with van der Waals surface area (Å²) in [5.74, 6) is -0.193. The second kappa shape index (κ2) is 6.14. The molecule has 2 saturated heterocycles. The van der Waals surface area contributed by atoms with E-state index in [2.05, 4.69) is 25.3 Å². The highest BCUT2D eigenvalue weighted by molar-refractivity contribution is 5.83. The maximum Gasteiger partial charge on any atom is 0.187 e. The third-order valence-electron chi connectivity index (χ3n) is 4.82. The van der Waals surface area contributed by atoms with E-state index in [0.29, 0.717) is 22.6 Å². The zero-order valence-electron chi connectivity index (χ0n) is 15.3. The van der Waals surface area contributed by atoms with E-state index in [9.17, 15) is 5.11 Å². The first-order valence-corrected chi connectivity index (χ1v) is 8.87. The molecule has 3 N–H and O–H groups in total. The Labute approximate surface area is 159 Å². The van der Waals surface area contributed by atoms with Gasteiger partial charge >= 0.3 is 0 Å². The Balaban J connectivity index is 1.61. The highest BCUT2D eigenvalue weighted by Crippen LogP contribution is 2.43. The number of aliphatic hydroxyl groups excluding tert-OH is 1. The van der Waals surface area contributed by atoms with Crippen molar-refractivity contribution in [3.8, 4) is 11.4 Å². The fraction of sp³-hybridized carbons (Fsp3) is 0.471. The van der Waals surface area contributed by atoms with E-state index in [1.165, 1.54) is 4.68 Å². The molecule has 146 valence electrons. The Morgan fingerprint density at radius 3 is 2.82 bits per heavy atom. The molecule has 11 nitrogen and oxygen atoms in total. The largest absolute Gasteiger partial charge is 0.394 e. The Morgan fingerprint density at radius 1 is 1.25 bits per heavy atom. The summed E-state index contributed by atoms with van der Waals surface area (Å²) < 4.78 is 19.4. The Bertz CT molecular complexity index is 1030. The molecule has 3 aromatic rings. The molecule has 0 radical (unpaired) electrons. The predicted molar refractivity (Wildman–Crippen MR) is 95.6 cm³/mol. The number of nitrogens with two attached hydrogens (primary N) is 1. The Hall–Kier alpha value is -2.73. The molecule has 0 saturated carbocycles. The fourth-order valence-corrected chi connectivity index (χ4v) is 3.65. The van der Waals surface area contributed by atoms with Gasteiger partial charge in [-0.05, 0) is 26.0 Å². The van der Waals surface area contributed by atoms with E-state index < -0.39 is 30.3 Å². The van der Waals surface area contributed by atoms with Gasteiger partial charge < -0.3 is 25.1 Å². The van der Waals surface area contributed by atoms with Gasteiger partial charge in [0.05, 0.1) is 6.61 Å². The number of rotatable bonds is 3. The van der Waals surface area contributed by atoms with Crippen molar-refractivity contribution < 1.29 is 19.3 Å². The lowest BCUT2D eigenvalue weighted by Crippen LogP contribution is -2.31. The summed E-state index contributed by atoms with van der Waals surface area (Å²) in [6, 6.07) is 3.62. The lowest BCUT2D eigenvalue weighted by molar-refractivity contribution is -0.201. The van der Waals surface area contributed by atoms with Crippen LogP contribution in [0.1, 0.15) is 20.1 Å². The summed E-state index contributed by atoms with van der Waals surface area (Å²) in [6.45, 7) is 3.43. The number of ether oxygens (including phenoxy) is 3. The van der Waals surface area contributed by atoms with Crippen molar-refractivity contribution in [3.05, 3.63) is 24.5 Å². The predicted octanol–water partition coefficient (Wildman–Crippen LogP) is 0.275. The van der Waals surface area contributed by atoms with Crippen LogP contribution in [-0.4, -0.2) is 65.8 Å². The molecule has 2 aliphatic heterocycles. The lowest BCUT2D eigenvalue weighted by atomic mass is 10.1. The molecule has 0 bridgehead atoms. The van der Waals surface area contributed by atoms with Gasteiger partial charge in [0, 0.05) is 18.0 Å². The minimum atomic E-state index is -0.796. The van der Waals surface area contributed by atoms with Crippen LogP contribution >= 0.6 is 0 Å². The van der Waals surface area contributed by atoms with Crippen LogP contribution in [0, 0.1) is 0 Å². The number of pyridine rings is 1. The molecule has 28 heavy (non-hydrogen) atoms. The molecule has 2 aliphatic rings. The maximum absolute atomic E-state index is 9.69. The average Bonchev–Trinajstić information content (AvgIpc) is 3.33. The van der Waals surface area contributed by atoms with Crippen LogP contribution in [0.5, 0.6) is 0 Å². The highest BCUT2D eigenvalue weighted by Gasteiger charge is 2.56. The first-order chi connectivity index (χ1) is 13.5. The molecular weight excluding hydrogens is 366 g/mol.